The summed E-state index contributed by atoms with van der Waals surface area (Å²) in [7, 11) is 1.62. The number of fused-ring (bicyclic) bond motifs is 1. The minimum absolute atomic E-state index is 0.0571. The van der Waals surface area contributed by atoms with Crippen molar-refractivity contribution < 1.29 is 18.7 Å². The molecule has 3 aromatic rings. The summed E-state index contributed by atoms with van der Waals surface area (Å²) in [5.41, 5.74) is 1.74. The monoisotopic (exact) mass is 439 g/mol. The smallest absolute Gasteiger partial charge is 0.258 e. The number of hydrogen-bond acceptors (Lipinski definition) is 5. The van der Waals surface area contributed by atoms with Gasteiger partial charge in [-0.15, -0.1) is 0 Å². The van der Waals surface area contributed by atoms with E-state index in [1.165, 1.54) is 24.3 Å². The molecule has 168 valence electrons. The van der Waals surface area contributed by atoms with E-state index >= 15 is 0 Å². The SMILES string of the molecule is COCCCn1c(NC(=O)c2cccc(F)c2)nc2cc(C(=O)N3CCCCC3)cnc21. The van der Waals surface area contributed by atoms with Crippen LogP contribution in [0, 0.1) is 5.82 Å². The Hall–Kier alpha value is -3.33. The molecule has 32 heavy (non-hydrogen) atoms. The molecule has 8 nitrogen and oxygen atoms in total. The highest BCUT2D eigenvalue weighted by molar-refractivity contribution is 6.04. The number of amides is 2. The molecule has 1 aliphatic rings. The van der Waals surface area contributed by atoms with Gasteiger partial charge < -0.3 is 9.64 Å². The van der Waals surface area contributed by atoms with Crippen molar-refractivity contribution in [3.05, 3.63) is 53.5 Å². The number of halogens is 1. The lowest BCUT2D eigenvalue weighted by atomic mass is 10.1. The molecule has 1 saturated heterocycles. The van der Waals surface area contributed by atoms with Gasteiger partial charge in [0, 0.05) is 45.1 Å². The summed E-state index contributed by atoms with van der Waals surface area (Å²) < 4.78 is 20.4. The molecule has 2 aromatic heterocycles. The van der Waals surface area contributed by atoms with Crippen LogP contribution in [0.25, 0.3) is 11.2 Å². The van der Waals surface area contributed by atoms with Crippen molar-refractivity contribution in [3.8, 4) is 0 Å². The lowest BCUT2D eigenvalue weighted by Crippen LogP contribution is -2.35. The van der Waals surface area contributed by atoms with Crippen LogP contribution in [0.4, 0.5) is 10.3 Å². The van der Waals surface area contributed by atoms with Crippen LogP contribution in [0.3, 0.4) is 0 Å². The van der Waals surface area contributed by atoms with E-state index in [0.717, 1.165) is 32.4 Å². The fourth-order valence-electron chi connectivity index (χ4n) is 3.89. The number of rotatable bonds is 7. The van der Waals surface area contributed by atoms with Gasteiger partial charge in [0.05, 0.1) is 5.56 Å². The highest BCUT2D eigenvalue weighted by Crippen LogP contribution is 2.22. The molecule has 0 spiro atoms. The Morgan fingerprint density at radius 2 is 1.97 bits per heavy atom. The largest absolute Gasteiger partial charge is 0.385 e. The standard InChI is InChI=1S/C23H26FN5O3/c1-32-12-6-11-29-20-19(14-17(15-25-20)22(31)28-9-3-2-4-10-28)26-23(29)27-21(30)16-7-5-8-18(24)13-16/h5,7-8,13-15H,2-4,6,9-12H2,1H3,(H,26,27,30). The maximum Gasteiger partial charge on any atom is 0.258 e. The molecule has 9 heteroatoms. The number of methoxy groups -OCH3 is 1. The Kier molecular flexibility index (Phi) is 6.75. The van der Waals surface area contributed by atoms with Gasteiger partial charge in [-0.2, -0.15) is 0 Å². The third-order valence-corrected chi connectivity index (χ3v) is 5.52. The first-order chi connectivity index (χ1) is 15.6. The Morgan fingerprint density at radius 3 is 2.72 bits per heavy atom. The third-order valence-electron chi connectivity index (χ3n) is 5.52. The van der Waals surface area contributed by atoms with E-state index in [2.05, 4.69) is 15.3 Å². The summed E-state index contributed by atoms with van der Waals surface area (Å²) >= 11 is 0. The van der Waals surface area contributed by atoms with Gasteiger partial charge in [0.1, 0.15) is 11.3 Å². The number of hydrogen-bond donors (Lipinski definition) is 1. The second kappa shape index (κ2) is 9.86. The summed E-state index contributed by atoms with van der Waals surface area (Å²) in [5.74, 6) is -0.731. The Morgan fingerprint density at radius 1 is 1.16 bits per heavy atom. The van der Waals surface area contributed by atoms with E-state index in [-0.39, 0.29) is 11.5 Å². The zero-order valence-corrected chi connectivity index (χ0v) is 18.0. The summed E-state index contributed by atoms with van der Waals surface area (Å²) in [6.07, 6.45) is 5.39. The van der Waals surface area contributed by atoms with Gasteiger partial charge in [0.15, 0.2) is 5.65 Å². The number of carbonyl (C=O) groups excluding carboxylic acids is 2. The van der Waals surface area contributed by atoms with Crippen LogP contribution < -0.4 is 5.32 Å². The van der Waals surface area contributed by atoms with Crippen molar-refractivity contribution in [2.45, 2.75) is 32.2 Å². The minimum atomic E-state index is -0.492. The number of pyridine rings is 1. The van der Waals surface area contributed by atoms with Crippen molar-refractivity contribution in [2.24, 2.45) is 0 Å². The number of aryl methyl sites for hydroxylation is 1. The number of nitrogens with one attached hydrogen (secondary N) is 1. The molecule has 3 heterocycles. The Balaban J connectivity index is 1.64. The van der Waals surface area contributed by atoms with Crippen LogP contribution in [0.5, 0.6) is 0 Å². The molecular formula is C23H26FN5O3. The number of aromatic nitrogens is 3. The van der Waals surface area contributed by atoms with Crippen molar-refractivity contribution >= 4 is 28.9 Å². The number of nitrogens with zero attached hydrogens (tertiary/aromatic N) is 4. The van der Waals surface area contributed by atoms with Gasteiger partial charge in [-0.1, -0.05) is 6.07 Å². The molecule has 1 aromatic carbocycles. The average Bonchev–Trinajstić information content (AvgIpc) is 3.15. The van der Waals surface area contributed by atoms with Crippen LogP contribution >= 0.6 is 0 Å². The maximum absolute atomic E-state index is 13.5. The predicted molar refractivity (Wildman–Crippen MR) is 118 cm³/mol. The van der Waals surface area contributed by atoms with E-state index in [1.807, 2.05) is 4.90 Å². The molecule has 0 atom stereocenters. The first kappa shape index (κ1) is 21.9. The van der Waals surface area contributed by atoms with Crippen molar-refractivity contribution in [2.75, 3.05) is 32.1 Å². The third kappa shape index (κ3) is 4.77. The van der Waals surface area contributed by atoms with Gasteiger partial charge in [-0.05, 0) is 49.9 Å². The molecule has 0 aliphatic carbocycles. The Bertz CT molecular complexity index is 1120. The molecule has 1 N–H and O–H groups in total. The van der Waals surface area contributed by atoms with Crippen LogP contribution in [-0.4, -0.2) is 58.1 Å². The minimum Gasteiger partial charge on any atom is -0.385 e. The molecule has 4 rings (SSSR count). The molecule has 1 aliphatic heterocycles. The van der Waals surface area contributed by atoms with Gasteiger partial charge in [-0.3, -0.25) is 19.5 Å². The second-order valence-electron chi connectivity index (χ2n) is 7.82. The number of ether oxygens (including phenoxy) is 1. The Labute approximate surface area is 185 Å². The number of anilines is 1. The molecular weight excluding hydrogens is 413 g/mol. The topological polar surface area (TPSA) is 89.3 Å². The van der Waals surface area contributed by atoms with Crippen LogP contribution in [0.2, 0.25) is 0 Å². The summed E-state index contributed by atoms with van der Waals surface area (Å²) in [6, 6.07) is 7.17. The average molecular weight is 439 g/mol. The van der Waals surface area contributed by atoms with Gasteiger partial charge in [0.25, 0.3) is 11.8 Å². The molecule has 0 radical (unpaired) electrons. The van der Waals surface area contributed by atoms with Crippen molar-refractivity contribution in [1.29, 1.82) is 0 Å². The van der Waals surface area contributed by atoms with E-state index in [4.69, 9.17) is 4.74 Å². The highest BCUT2D eigenvalue weighted by Gasteiger charge is 2.21. The first-order valence-corrected chi connectivity index (χ1v) is 10.8. The fraction of sp³-hybridized carbons (Fsp3) is 0.391. The van der Waals surface area contributed by atoms with Gasteiger partial charge >= 0.3 is 0 Å². The van der Waals surface area contributed by atoms with E-state index in [1.54, 1.807) is 23.9 Å². The molecule has 0 bridgehead atoms. The molecule has 2 amide bonds. The summed E-state index contributed by atoms with van der Waals surface area (Å²) in [4.78, 5) is 36.4. The van der Waals surface area contributed by atoms with Crippen LogP contribution in [-0.2, 0) is 11.3 Å². The van der Waals surface area contributed by atoms with E-state index < -0.39 is 11.7 Å². The normalized spacial score (nSPS) is 14.0. The zero-order chi connectivity index (χ0) is 22.5. The molecule has 0 saturated carbocycles. The number of piperidine rings is 1. The van der Waals surface area contributed by atoms with Gasteiger partial charge in [0.2, 0.25) is 5.95 Å². The predicted octanol–water partition coefficient (Wildman–Crippen LogP) is 3.49. The van der Waals surface area contributed by atoms with Crippen LogP contribution in [0.1, 0.15) is 46.4 Å². The quantitative estimate of drug-likeness (QED) is 0.570. The molecule has 1 fully saturated rings. The fourth-order valence-corrected chi connectivity index (χ4v) is 3.89. The van der Waals surface area contributed by atoms with Crippen LogP contribution in [0.15, 0.2) is 36.5 Å². The summed E-state index contributed by atoms with van der Waals surface area (Å²) in [6.45, 7) is 2.53. The van der Waals surface area contributed by atoms with Gasteiger partial charge in [-0.25, -0.2) is 14.4 Å². The van der Waals surface area contributed by atoms with E-state index in [0.29, 0.717) is 42.2 Å². The number of benzene rings is 1. The van der Waals surface area contributed by atoms with E-state index in [9.17, 15) is 14.0 Å². The number of carbonyl (C=O) groups is 2. The lowest BCUT2D eigenvalue weighted by Gasteiger charge is -2.26. The summed E-state index contributed by atoms with van der Waals surface area (Å²) in [5, 5.41) is 2.75. The highest BCUT2D eigenvalue weighted by atomic mass is 19.1. The molecule has 0 unspecified atom stereocenters. The number of likely N-dealkylation sites (tertiary alicyclic amines) is 1. The number of imidazole rings is 1. The zero-order valence-electron chi connectivity index (χ0n) is 18.0. The lowest BCUT2D eigenvalue weighted by molar-refractivity contribution is 0.0724. The second-order valence-corrected chi connectivity index (χ2v) is 7.82. The first-order valence-electron chi connectivity index (χ1n) is 10.8. The maximum atomic E-state index is 13.5. The van der Waals surface area contributed by atoms with Crippen molar-refractivity contribution in [3.63, 3.8) is 0 Å². The van der Waals surface area contributed by atoms with Crippen molar-refractivity contribution in [1.82, 2.24) is 19.4 Å².